The number of pyridine rings is 1. The summed E-state index contributed by atoms with van der Waals surface area (Å²) in [7, 11) is 0. The van der Waals surface area contributed by atoms with Gasteiger partial charge in [-0.1, -0.05) is 42.7 Å². The van der Waals surface area contributed by atoms with Crippen LogP contribution in [0.1, 0.15) is 36.9 Å². The first-order valence-electron chi connectivity index (χ1n) is 7.60. The van der Waals surface area contributed by atoms with E-state index in [-0.39, 0.29) is 10.6 Å². The number of halogens is 1. The van der Waals surface area contributed by atoms with Crippen LogP contribution in [0.2, 0.25) is 5.02 Å². The third-order valence-electron chi connectivity index (χ3n) is 4.18. The number of benzene rings is 1. The third kappa shape index (κ3) is 3.25. The number of H-pyrrole nitrogens is 1. The zero-order valence-corrected chi connectivity index (χ0v) is 13.1. The summed E-state index contributed by atoms with van der Waals surface area (Å²) in [5, 5.41) is 0.210. The molecule has 1 fully saturated rings. The molecule has 0 radical (unpaired) electrons. The molecule has 1 aliphatic carbocycles. The molecule has 3 N–H and O–H groups in total. The number of nitrogens with one attached hydrogen (secondary N) is 1. The van der Waals surface area contributed by atoms with Crippen LogP contribution in [0, 0.1) is 5.92 Å². The Kier molecular flexibility index (Phi) is 4.34. The molecule has 3 rings (SSSR count). The first-order chi connectivity index (χ1) is 10.6. The van der Waals surface area contributed by atoms with Crippen molar-refractivity contribution in [3.63, 3.8) is 0 Å². The Morgan fingerprint density at radius 2 is 1.82 bits per heavy atom. The highest BCUT2D eigenvalue weighted by molar-refractivity contribution is 6.30. The topological polar surface area (TPSA) is 58.9 Å². The highest BCUT2D eigenvalue weighted by atomic mass is 35.5. The van der Waals surface area contributed by atoms with E-state index in [0.717, 1.165) is 22.5 Å². The lowest BCUT2D eigenvalue weighted by Gasteiger charge is -2.12. The predicted octanol–water partition coefficient (Wildman–Crippen LogP) is 4.23. The molecule has 0 atom stereocenters. The van der Waals surface area contributed by atoms with Gasteiger partial charge in [-0.3, -0.25) is 4.79 Å². The van der Waals surface area contributed by atoms with Gasteiger partial charge in [-0.25, -0.2) is 0 Å². The molecule has 0 spiro atoms. The third-order valence-corrected chi connectivity index (χ3v) is 4.47. The van der Waals surface area contributed by atoms with Crippen LogP contribution in [0.15, 0.2) is 47.3 Å². The average molecular weight is 315 g/mol. The van der Waals surface area contributed by atoms with Crippen molar-refractivity contribution in [2.24, 2.45) is 5.92 Å². The Hall–Kier alpha value is -2.00. The molecule has 22 heavy (non-hydrogen) atoms. The quantitative estimate of drug-likeness (QED) is 0.833. The van der Waals surface area contributed by atoms with Gasteiger partial charge in [0, 0.05) is 17.0 Å². The number of rotatable bonds is 3. The van der Waals surface area contributed by atoms with E-state index in [1.165, 1.54) is 25.7 Å². The molecule has 2 aromatic rings. The summed E-state index contributed by atoms with van der Waals surface area (Å²) in [5.74, 6) is 0.562. The van der Waals surface area contributed by atoms with E-state index >= 15 is 0 Å². The lowest BCUT2D eigenvalue weighted by atomic mass is 9.96. The van der Waals surface area contributed by atoms with Crippen molar-refractivity contribution in [1.82, 2.24) is 4.98 Å². The molecule has 0 saturated heterocycles. The second kappa shape index (κ2) is 6.41. The summed E-state index contributed by atoms with van der Waals surface area (Å²) in [5.41, 5.74) is 9.15. The van der Waals surface area contributed by atoms with E-state index in [4.69, 9.17) is 17.3 Å². The van der Waals surface area contributed by atoms with Crippen molar-refractivity contribution in [3.8, 4) is 0 Å². The number of aromatic nitrogens is 1. The van der Waals surface area contributed by atoms with Gasteiger partial charge in [-0.05, 0) is 48.6 Å². The fourth-order valence-corrected chi connectivity index (χ4v) is 3.09. The van der Waals surface area contributed by atoms with Crippen LogP contribution in [0.25, 0.3) is 5.57 Å². The Bertz CT molecular complexity index is 740. The molecule has 0 unspecified atom stereocenters. The molecule has 0 amide bonds. The van der Waals surface area contributed by atoms with E-state index < -0.39 is 0 Å². The van der Waals surface area contributed by atoms with Crippen molar-refractivity contribution >= 4 is 22.9 Å². The van der Waals surface area contributed by atoms with Crippen molar-refractivity contribution in [2.75, 3.05) is 5.73 Å². The van der Waals surface area contributed by atoms with Crippen LogP contribution < -0.4 is 11.3 Å². The van der Waals surface area contributed by atoms with Crippen molar-refractivity contribution in [3.05, 3.63) is 69.1 Å². The second-order valence-corrected chi connectivity index (χ2v) is 6.20. The molecule has 1 aromatic heterocycles. The largest absolute Gasteiger partial charge is 0.399 e. The standard InChI is InChI=1S/C18H19ClN2O/c19-16-9-10-17(21-18(16)22)15(11-12-3-1-2-4-12)13-5-7-14(20)8-6-13/h5-12H,1-4,20H2,(H,21,22)/b15-11+. The molecule has 1 heterocycles. The Morgan fingerprint density at radius 1 is 1.14 bits per heavy atom. The first kappa shape index (κ1) is 14.9. The van der Waals surface area contributed by atoms with Crippen molar-refractivity contribution in [1.29, 1.82) is 0 Å². The SMILES string of the molecule is Nc1ccc(/C(=C\C2CCCC2)c2ccc(Cl)c(=O)[nH]2)cc1. The zero-order valence-electron chi connectivity index (χ0n) is 12.3. The summed E-state index contributed by atoms with van der Waals surface area (Å²) in [6.45, 7) is 0. The minimum Gasteiger partial charge on any atom is -0.399 e. The molecular weight excluding hydrogens is 296 g/mol. The fraction of sp³-hybridized carbons (Fsp3) is 0.278. The molecule has 0 aliphatic heterocycles. The second-order valence-electron chi connectivity index (χ2n) is 5.80. The van der Waals surface area contributed by atoms with E-state index in [0.29, 0.717) is 5.92 Å². The summed E-state index contributed by atoms with van der Waals surface area (Å²) in [6, 6.07) is 11.3. The van der Waals surface area contributed by atoms with Gasteiger partial charge in [0.25, 0.3) is 5.56 Å². The number of nitrogens with two attached hydrogens (primary N) is 1. The molecule has 1 saturated carbocycles. The van der Waals surface area contributed by atoms with Crippen LogP contribution in [0.3, 0.4) is 0 Å². The molecule has 114 valence electrons. The van der Waals surface area contributed by atoms with Crippen LogP contribution in [0.5, 0.6) is 0 Å². The molecule has 4 heteroatoms. The van der Waals surface area contributed by atoms with Gasteiger partial charge >= 0.3 is 0 Å². The molecule has 1 aliphatic rings. The van der Waals surface area contributed by atoms with Crippen LogP contribution >= 0.6 is 11.6 Å². The maximum absolute atomic E-state index is 11.8. The first-order valence-corrected chi connectivity index (χ1v) is 7.98. The summed E-state index contributed by atoms with van der Waals surface area (Å²) in [4.78, 5) is 14.7. The van der Waals surface area contributed by atoms with Gasteiger partial charge in [0.1, 0.15) is 5.02 Å². The maximum atomic E-state index is 11.8. The van der Waals surface area contributed by atoms with Crippen LogP contribution in [0.4, 0.5) is 5.69 Å². The fourth-order valence-electron chi connectivity index (χ4n) is 2.98. The van der Waals surface area contributed by atoms with Gasteiger partial charge in [-0.2, -0.15) is 0 Å². The van der Waals surface area contributed by atoms with E-state index in [1.807, 2.05) is 30.3 Å². The monoisotopic (exact) mass is 314 g/mol. The Morgan fingerprint density at radius 3 is 2.45 bits per heavy atom. The number of allylic oxidation sites excluding steroid dienone is 1. The Balaban J connectivity index is 2.07. The van der Waals surface area contributed by atoms with Gasteiger partial charge < -0.3 is 10.7 Å². The van der Waals surface area contributed by atoms with Gasteiger partial charge in [0.15, 0.2) is 0 Å². The van der Waals surface area contributed by atoms with Crippen LogP contribution in [-0.4, -0.2) is 4.98 Å². The summed E-state index contributed by atoms with van der Waals surface area (Å²) >= 11 is 5.84. The van der Waals surface area contributed by atoms with Crippen molar-refractivity contribution in [2.45, 2.75) is 25.7 Å². The number of nitrogen functional groups attached to an aromatic ring is 1. The number of aromatic amines is 1. The highest BCUT2D eigenvalue weighted by Crippen LogP contribution is 2.31. The normalized spacial score (nSPS) is 16.1. The van der Waals surface area contributed by atoms with E-state index in [2.05, 4.69) is 11.1 Å². The predicted molar refractivity (Wildman–Crippen MR) is 92.0 cm³/mol. The molecule has 1 aromatic carbocycles. The lowest BCUT2D eigenvalue weighted by molar-refractivity contribution is 0.687. The van der Waals surface area contributed by atoms with E-state index in [1.54, 1.807) is 6.07 Å². The average Bonchev–Trinajstić information content (AvgIpc) is 3.02. The van der Waals surface area contributed by atoms with Gasteiger partial charge in [0.2, 0.25) is 0 Å². The molecule has 3 nitrogen and oxygen atoms in total. The highest BCUT2D eigenvalue weighted by Gasteiger charge is 2.16. The van der Waals surface area contributed by atoms with Gasteiger partial charge in [0.05, 0.1) is 0 Å². The Labute approximate surface area is 134 Å². The summed E-state index contributed by atoms with van der Waals surface area (Å²) in [6.07, 6.45) is 7.23. The lowest BCUT2D eigenvalue weighted by Crippen LogP contribution is -2.09. The number of hydrogen-bond donors (Lipinski definition) is 2. The minimum absolute atomic E-state index is 0.210. The van der Waals surface area contributed by atoms with E-state index in [9.17, 15) is 4.79 Å². The molecule has 0 bridgehead atoms. The smallest absolute Gasteiger partial charge is 0.267 e. The molecular formula is C18H19ClN2O. The van der Waals surface area contributed by atoms with Crippen molar-refractivity contribution < 1.29 is 0 Å². The number of hydrogen-bond acceptors (Lipinski definition) is 2. The minimum atomic E-state index is -0.257. The number of anilines is 1. The van der Waals surface area contributed by atoms with Gasteiger partial charge in [-0.15, -0.1) is 0 Å². The maximum Gasteiger partial charge on any atom is 0.267 e. The zero-order chi connectivity index (χ0) is 15.5. The summed E-state index contributed by atoms with van der Waals surface area (Å²) < 4.78 is 0. The van der Waals surface area contributed by atoms with Crippen LogP contribution in [-0.2, 0) is 0 Å².